The first-order chi connectivity index (χ1) is 7.93. The largest absolute Gasteiger partial charge is 0.369 e. The van der Waals surface area contributed by atoms with Gasteiger partial charge in [0, 0.05) is 25.2 Å². The first kappa shape index (κ1) is 9.87. The highest BCUT2D eigenvalue weighted by Gasteiger charge is 2.20. The summed E-state index contributed by atoms with van der Waals surface area (Å²) in [6.07, 6.45) is 5.90. The molecular formula is C13H17N2O+. The summed E-state index contributed by atoms with van der Waals surface area (Å²) in [5, 5.41) is 2.33. The Bertz CT molecular complexity index is 399. The van der Waals surface area contributed by atoms with Crippen molar-refractivity contribution in [1.82, 2.24) is 0 Å². The smallest absolute Gasteiger partial charge is 0.153 e. The molecule has 3 rings (SSSR count). The zero-order chi connectivity index (χ0) is 10.8. The Morgan fingerprint density at radius 1 is 1.38 bits per heavy atom. The van der Waals surface area contributed by atoms with E-state index in [4.69, 9.17) is 4.74 Å². The van der Waals surface area contributed by atoms with Crippen molar-refractivity contribution in [2.45, 2.75) is 12.5 Å². The number of nitrogens with two attached hydrogens (primary N) is 1. The summed E-state index contributed by atoms with van der Waals surface area (Å²) >= 11 is 0. The zero-order valence-corrected chi connectivity index (χ0v) is 9.30. The molecule has 0 amide bonds. The number of fused-ring (bicyclic) bond motifs is 1. The normalized spacial score (nSPS) is 24.2. The molecule has 2 aliphatic heterocycles. The molecule has 1 fully saturated rings. The molecule has 2 aliphatic rings. The van der Waals surface area contributed by atoms with Gasteiger partial charge < -0.3 is 15.0 Å². The summed E-state index contributed by atoms with van der Waals surface area (Å²) in [4.78, 5) is 2.33. The second kappa shape index (κ2) is 4.28. The Morgan fingerprint density at radius 2 is 2.25 bits per heavy atom. The Hall–Kier alpha value is -1.32. The van der Waals surface area contributed by atoms with Crippen LogP contribution >= 0.6 is 0 Å². The molecule has 1 saturated heterocycles. The Labute approximate surface area is 95.7 Å². The highest BCUT2D eigenvalue weighted by atomic mass is 16.6. The van der Waals surface area contributed by atoms with Crippen LogP contribution in [0.25, 0.3) is 0 Å². The first-order valence-corrected chi connectivity index (χ1v) is 5.92. The summed E-state index contributed by atoms with van der Waals surface area (Å²) in [7, 11) is 0. The minimum atomic E-state index is 0.361. The van der Waals surface area contributed by atoms with E-state index in [9.17, 15) is 0 Å². The topological polar surface area (TPSA) is 32.4 Å². The minimum absolute atomic E-state index is 0.361. The number of epoxide rings is 1. The number of hydrogen-bond donors (Lipinski definition) is 1. The van der Waals surface area contributed by atoms with Gasteiger partial charge in [0.05, 0.1) is 13.2 Å². The van der Waals surface area contributed by atoms with Crippen molar-refractivity contribution in [1.29, 1.82) is 0 Å². The third kappa shape index (κ3) is 2.10. The van der Waals surface area contributed by atoms with E-state index in [1.807, 2.05) is 0 Å². The van der Waals surface area contributed by atoms with Gasteiger partial charge in [-0.25, -0.2) is 0 Å². The van der Waals surface area contributed by atoms with E-state index in [1.165, 1.54) is 24.3 Å². The fraction of sp³-hybridized carbons (Fsp3) is 0.385. The average Bonchev–Trinajstić information content (AvgIpc) is 3.13. The molecule has 1 unspecified atom stereocenters. The van der Waals surface area contributed by atoms with Crippen LogP contribution in [-0.4, -0.2) is 25.8 Å². The fourth-order valence-corrected chi connectivity index (χ4v) is 2.08. The summed E-state index contributed by atoms with van der Waals surface area (Å²) in [6, 6.07) is 8.59. The third-order valence-electron chi connectivity index (χ3n) is 3.05. The lowest BCUT2D eigenvalue weighted by atomic mass is 10.2. The second-order valence-electron chi connectivity index (χ2n) is 4.31. The quantitative estimate of drug-likeness (QED) is 0.592. The molecule has 0 saturated carbocycles. The van der Waals surface area contributed by atoms with Crippen molar-refractivity contribution in [3.05, 3.63) is 36.5 Å². The first-order valence-electron chi connectivity index (χ1n) is 5.92. The SMILES string of the molecule is C(=CN1CCC[NH2+]c2ccccc21)C1CO1. The number of rotatable bonds is 2. The number of anilines is 1. The van der Waals surface area contributed by atoms with Gasteiger partial charge in [-0.05, 0) is 12.1 Å². The number of para-hydroxylation sites is 2. The second-order valence-corrected chi connectivity index (χ2v) is 4.31. The molecule has 0 aromatic heterocycles. The summed E-state index contributed by atoms with van der Waals surface area (Å²) < 4.78 is 5.20. The standard InChI is InChI=1S/C13H16N2O/c1-2-5-13-12(4-1)14-7-3-8-15(13)9-6-11-10-16-11/h1-2,4-6,9,11,14H,3,7-8,10H2/p+1. The van der Waals surface area contributed by atoms with Crippen LogP contribution in [-0.2, 0) is 4.74 Å². The predicted molar refractivity (Wildman–Crippen MR) is 63.7 cm³/mol. The van der Waals surface area contributed by atoms with Gasteiger partial charge in [0.25, 0.3) is 0 Å². The molecule has 0 spiro atoms. The molecule has 16 heavy (non-hydrogen) atoms. The van der Waals surface area contributed by atoms with Crippen molar-refractivity contribution in [2.24, 2.45) is 0 Å². The average molecular weight is 217 g/mol. The van der Waals surface area contributed by atoms with Gasteiger partial charge in [0.15, 0.2) is 5.69 Å². The van der Waals surface area contributed by atoms with Gasteiger partial charge in [-0.15, -0.1) is 0 Å². The van der Waals surface area contributed by atoms with E-state index in [0.717, 1.165) is 13.2 Å². The van der Waals surface area contributed by atoms with Gasteiger partial charge in [0.1, 0.15) is 11.8 Å². The van der Waals surface area contributed by atoms with E-state index in [1.54, 1.807) is 0 Å². The van der Waals surface area contributed by atoms with E-state index < -0.39 is 0 Å². The van der Waals surface area contributed by atoms with Crippen LogP contribution < -0.4 is 10.2 Å². The molecule has 2 N–H and O–H groups in total. The van der Waals surface area contributed by atoms with Crippen molar-refractivity contribution < 1.29 is 10.1 Å². The fourth-order valence-electron chi connectivity index (χ4n) is 2.08. The molecule has 0 radical (unpaired) electrons. The molecule has 3 heteroatoms. The highest BCUT2D eigenvalue weighted by Crippen LogP contribution is 2.24. The Kier molecular flexibility index (Phi) is 2.64. The number of benzene rings is 1. The van der Waals surface area contributed by atoms with Crippen LogP contribution in [0.4, 0.5) is 11.4 Å². The van der Waals surface area contributed by atoms with Gasteiger partial charge in [-0.1, -0.05) is 12.1 Å². The molecule has 1 atom stereocenters. The molecule has 0 aliphatic carbocycles. The van der Waals surface area contributed by atoms with Crippen LogP contribution in [0, 0.1) is 0 Å². The number of hydrogen-bond acceptors (Lipinski definition) is 2. The highest BCUT2D eigenvalue weighted by molar-refractivity contribution is 5.64. The van der Waals surface area contributed by atoms with Crippen LogP contribution in [0.1, 0.15) is 6.42 Å². The lowest BCUT2D eigenvalue weighted by Crippen LogP contribution is -2.77. The molecule has 1 aromatic carbocycles. The van der Waals surface area contributed by atoms with Crippen molar-refractivity contribution in [3.63, 3.8) is 0 Å². The van der Waals surface area contributed by atoms with E-state index >= 15 is 0 Å². The number of quaternary nitrogens is 1. The summed E-state index contributed by atoms with van der Waals surface area (Å²) in [5.41, 5.74) is 2.67. The maximum Gasteiger partial charge on any atom is 0.153 e. The number of ether oxygens (including phenoxy) is 1. The summed E-state index contributed by atoms with van der Waals surface area (Å²) in [6.45, 7) is 3.15. The van der Waals surface area contributed by atoms with Crippen LogP contribution in [0.3, 0.4) is 0 Å². The van der Waals surface area contributed by atoms with Crippen LogP contribution in [0.2, 0.25) is 0 Å². The molecular weight excluding hydrogens is 200 g/mol. The van der Waals surface area contributed by atoms with Crippen LogP contribution in [0.15, 0.2) is 36.5 Å². The van der Waals surface area contributed by atoms with Gasteiger partial charge in [0.2, 0.25) is 0 Å². The van der Waals surface area contributed by atoms with Crippen molar-refractivity contribution in [2.75, 3.05) is 24.6 Å². The maximum atomic E-state index is 5.20. The van der Waals surface area contributed by atoms with Crippen molar-refractivity contribution in [3.8, 4) is 0 Å². The van der Waals surface area contributed by atoms with Gasteiger partial charge >= 0.3 is 0 Å². The Balaban J connectivity index is 1.86. The van der Waals surface area contributed by atoms with Gasteiger partial charge in [-0.2, -0.15) is 0 Å². The van der Waals surface area contributed by atoms with Crippen LogP contribution in [0.5, 0.6) is 0 Å². The lowest BCUT2D eigenvalue weighted by molar-refractivity contribution is -0.569. The zero-order valence-electron chi connectivity index (χ0n) is 9.30. The Morgan fingerprint density at radius 3 is 3.12 bits per heavy atom. The monoisotopic (exact) mass is 217 g/mol. The van der Waals surface area contributed by atoms with E-state index in [2.05, 4.69) is 46.8 Å². The molecule has 84 valence electrons. The molecule has 0 bridgehead atoms. The van der Waals surface area contributed by atoms with E-state index in [-0.39, 0.29) is 0 Å². The van der Waals surface area contributed by atoms with E-state index in [0.29, 0.717) is 6.10 Å². The predicted octanol–water partition coefficient (Wildman–Crippen LogP) is 1.00. The lowest BCUT2D eigenvalue weighted by Gasteiger charge is -2.17. The van der Waals surface area contributed by atoms with Crippen molar-refractivity contribution >= 4 is 11.4 Å². The van der Waals surface area contributed by atoms with Gasteiger partial charge in [-0.3, -0.25) is 0 Å². The summed E-state index contributed by atoms with van der Waals surface area (Å²) in [5.74, 6) is 0. The molecule has 3 nitrogen and oxygen atoms in total. The molecule has 1 aromatic rings. The minimum Gasteiger partial charge on any atom is -0.369 e. The third-order valence-corrected chi connectivity index (χ3v) is 3.05. The molecule has 2 heterocycles. The maximum absolute atomic E-state index is 5.20. The number of nitrogens with zero attached hydrogens (tertiary/aromatic N) is 1.